The minimum absolute atomic E-state index is 0.216. The van der Waals surface area contributed by atoms with E-state index in [1.165, 1.54) is 16.7 Å². The minimum atomic E-state index is 0.216. The highest BCUT2D eigenvalue weighted by molar-refractivity contribution is 5.79. The van der Waals surface area contributed by atoms with Crippen LogP contribution in [0.2, 0.25) is 0 Å². The van der Waals surface area contributed by atoms with Crippen LogP contribution in [0.3, 0.4) is 0 Å². The van der Waals surface area contributed by atoms with E-state index in [-0.39, 0.29) is 11.8 Å². The molecule has 32 heavy (non-hydrogen) atoms. The van der Waals surface area contributed by atoms with Gasteiger partial charge in [-0.3, -0.25) is 9.69 Å². The molecule has 1 atom stereocenters. The monoisotopic (exact) mass is 427 g/mol. The van der Waals surface area contributed by atoms with Gasteiger partial charge in [0.1, 0.15) is 0 Å². The van der Waals surface area contributed by atoms with E-state index in [2.05, 4.69) is 68.5 Å². The van der Waals surface area contributed by atoms with Crippen LogP contribution in [0, 0.1) is 0 Å². The van der Waals surface area contributed by atoms with Gasteiger partial charge in [0.2, 0.25) is 5.91 Å². The fraction of sp³-hybridized carbons (Fsp3) is 0.346. The Hall–Kier alpha value is -3.25. The molecule has 0 radical (unpaired) electrons. The molecule has 1 amide bonds. The number of rotatable bonds is 4. The zero-order valence-corrected chi connectivity index (χ0v) is 18.3. The molecule has 0 aliphatic carbocycles. The molecule has 6 nitrogen and oxygen atoms in total. The fourth-order valence-corrected chi connectivity index (χ4v) is 4.88. The molecule has 3 aromatic rings. The first-order valence-electron chi connectivity index (χ1n) is 11.4. The van der Waals surface area contributed by atoms with Gasteiger partial charge in [0.05, 0.1) is 6.54 Å². The Morgan fingerprint density at radius 1 is 0.906 bits per heavy atom. The average Bonchev–Trinajstić information content (AvgIpc) is 3.10. The Kier molecular flexibility index (Phi) is 6.12. The molecule has 164 valence electrons. The summed E-state index contributed by atoms with van der Waals surface area (Å²) in [5, 5.41) is 8.25. The number of fused-ring (bicyclic) bond motifs is 1. The van der Waals surface area contributed by atoms with Gasteiger partial charge in [-0.2, -0.15) is 5.10 Å². The van der Waals surface area contributed by atoms with Crippen LogP contribution < -0.4 is 4.90 Å². The van der Waals surface area contributed by atoms with E-state index in [9.17, 15) is 4.79 Å². The minimum Gasteiger partial charge on any atom is -0.354 e. The van der Waals surface area contributed by atoms with Crippen LogP contribution in [0.15, 0.2) is 72.9 Å². The molecule has 0 bridgehead atoms. The Morgan fingerprint density at radius 3 is 2.59 bits per heavy atom. The number of benzene rings is 2. The van der Waals surface area contributed by atoms with Crippen molar-refractivity contribution < 1.29 is 4.79 Å². The number of nitrogens with zero attached hydrogens (tertiary/aromatic N) is 5. The second-order valence-corrected chi connectivity index (χ2v) is 8.63. The number of carbonyl (C=O) groups is 1. The summed E-state index contributed by atoms with van der Waals surface area (Å²) in [6.45, 7) is 5.48. The van der Waals surface area contributed by atoms with Crippen molar-refractivity contribution in [1.29, 1.82) is 0 Å². The second-order valence-electron chi connectivity index (χ2n) is 8.63. The Morgan fingerprint density at radius 2 is 1.75 bits per heavy atom. The number of hydrogen-bond donors (Lipinski definition) is 0. The number of aromatic nitrogens is 2. The van der Waals surface area contributed by atoms with Crippen molar-refractivity contribution in [2.75, 3.05) is 44.2 Å². The van der Waals surface area contributed by atoms with Gasteiger partial charge < -0.3 is 9.80 Å². The van der Waals surface area contributed by atoms with Crippen molar-refractivity contribution in [2.24, 2.45) is 0 Å². The van der Waals surface area contributed by atoms with E-state index >= 15 is 0 Å². The van der Waals surface area contributed by atoms with Gasteiger partial charge in [0.15, 0.2) is 5.82 Å². The molecule has 2 aromatic carbocycles. The van der Waals surface area contributed by atoms with E-state index in [1.54, 1.807) is 6.20 Å². The summed E-state index contributed by atoms with van der Waals surface area (Å²) in [7, 11) is 0. The van der Waals surface area contributed by atoms with Crippen molar-refractivity contribution in [2.45, 2.75) is 18.9 Å². The van der Waals surface area contributed by atoms with Gasteiger partial charge in [-0.15, -0.1) is 5.10 Å². The maximum atomic E-state index is 13.4. The van der Waals surface area contributed by atoms with Crippen LogP contribution in [-0.4, -0.2) is 65.2 Å². The smallest absolute Gasteiger partial charge is 0.237 e. The Balaban J connectivity index is 1.27. The van der Waals surface area contributed by atoms with Crippen LogP contribution in [0.4, 0.5) is 5.82 Å². The Bertz CT molecular complexity index is 1040. The van der Waals surface area contributed by atoms with Crippen LogP contribution in [0.5, 0.6) is 0 Å². The molecule has 3 heterocycles. The summed E-state index contributed by atoms with van der Waals surface area (Å²) in [6, 6.07) is 23.0. The van der Waals surface area contributed by atoms with E-state index in [0.29, 0.717) is 13.1 Å². The summed E-state index contributed by atoms with van der Waals surface area (Å²) in [6.07, 6.45) is 2.71. The molecule has 1 unspecified atom stereocenters. The van der Waals surface area contributed by atoms with Gasteiger partial charge in [-0.25, -0.2) is 0 Å². The summed E-state index contributed by atoms with van der Waals surface area (Å²) in [5.74, 6) is 1.36. The second kappa shape index (κ2) is 9.49. The Labute approximate surface area is 189 Å². The molecule has 0 saturated carbocycles. The largest absolute Gasteiger partial charge is 0.354 e. The summed E-state index contributed by atoms with van der Waals surface area (Å²) >= 11 is 0. The average molecular weight is 428 g/mol. The molecule has 1 aromatic heterocycles. The maximum absolute atomic E-state index is 13.4. The lowest BCUT2D eigenvalue weighted by atomic mass is 9.84. The summed E-state index contributed by atoms with van der Waals surface area (Å²) < 4.78 is 0. The standard InChI is InChI=1S/C26H29N5O/c32-26(20-29-14-7-15-30(17-16-29)25-12-6-13-27-28-25)31-18-22-10-4-5-11-23(22)24(19-31)21-8-2-1-3-9-21/h1-6,8-13,24H,7,14-20H2. The van der Waals surface area contributed by atoms with Gasteiger partial charge in [-0.1, -0.05) is 54.6 Å². The SMILES string of the molecule is O=C(CN1CCCN(c2cccnn2)CC1)N1Cc2ccccc2C(c2ccccc2)C1. The van der Waals surface area contributed by atoms with E-state index < -0.39 is 0 Å². The number of carbonyl (C=O) groups excluding carboxylic acids is 1. The zero-order valence-electron chi connectivity index (χ0n) is 18.3. The van der Waals surface area contributed by atoms with Crippen LogP contribution in [-0.2, 0) is 11.3 Å². The molecule has 0 spiro atoms. The fourth-order valence-electron chi connectivity index (χ4n) is 4.88. The number of hydrogen-bond acceptors (Lipinski definition) is 5. The van der Waals surface area contributed by atoms with Crippen molar-refractivity contribution in [1.82, 2.24) is 20.0 Å². The lowest BCUT2D eigenvalue weighted by molar-refractivity contribution is -0.133. The summed E-state index contributed by atoms with van der Waals surface area (Å²) in [4.78, 5) is 20.0. The van der Waals surface area contributed by atoms with E-state index in [0.717, 1.165) is 45.0 Å². The maximum Gasteiger partial charge on any atom is 0.237 e. The normalized spacial score (nSPS) is 19.3. The van der Waals surface area contributed by atoms with Crippen molar-refractivity contribution >= 4 is 11.7 Å². The highest BCUT2D eigenvalue weighted by Gasteiger charge is 2.30. The third kappa shape index (κ3) is 4.50. The molecule has 6 heteroatoms. The topological polar surface area (TPSA) is 52.6 Å². The van der Waals surface area contributed by atoms with Gasteiger partial charge in [-0.05, 0) is 35.2 Å². The predicted molar refractivity (Wildman–Crippen MR) is 125 cm³/mol. The number of anilines is 1. The third-order valence-corrected chi connectivity index (χ3v) is 6.58. The van der Waals surface area contributed by atoms with Gasteiger partial charge in [0.25, 0.3) is 0 Å². The van der Waals surface area contributed by atoms with Crippen molar-refractivity contribution in [3.8, 4) is 0 Å². The molecule has 5 rings (SSSR count). The van der Waals surface area contributed by atoms with E-state index in [4.69, 9.17) is 0 Å². The van der Waals surface area contributed by atoms with Gasteiger partial charge in [0, 0.05) is 51.4 Å². The quantitative estimate of drug-likeness (QED) is 0.640. The third-order valence-electron chi connectivity index (χ3n) is 6.58. The van der Waals surface area contributed by atoms with Gasteiger partial charge >= 0.3 is 0 Å². The molecule has 1 fully saturated rings. The first-order chi connectivity index (χ1) is 15.8. The zero-order chi connectivity index (χ0) is 21.8. The lowest BCUT2D eigenvalue weighted by Gasteiger charge is -2.36. The molecule has 2 aliphatic heterocycles. The summed E-state index contributed by atoms with van der Waals surface area (Å²) in [5.41, 5.74) is 3.87. The molecular weight excluding hydrogens is 398 g/mol. The first kappa shape index (κ1) is 20.6. The molecular formula is C26H29N5O. The van der Waals surface area contributed by atoms with Crippen LogP contribution >= 0.6 is 0 Å². The highest BCUT2D eigenvalue weighted by Crippen LogP contribution is 2.33. The predicted octanol–water partition coefficient (Wildman–Crippen LogP) is 3.16. The van der Waals surface area contributed by atoms with Crippen LogP contribution in [0.25, 0.3) is 0 Å². The van der Waals surface area contributed by atoms with Crippen molar-refractivity contribution in [3.05, 3.63) is 89.6 Å². The molecule has 1 saturated heterocycles. The molecule has 0 N–H and O–H groups in total. The highest BCUT2D eigenvalue weighted by atomic mass is 16.2. The number of amides is 1. The van der Waals surface area contributed by atoms with Crippen molar-refractivity contribution in [3.63, 3.8) is 0 Å². The molecule has 2 aliphatic rings. The van der Waals surface area contributed by atoms with Crippen LogP contribution in [0.1, 0.15) is 29.0 Å². The lowest BCUT2D eigenvalue weighted by Crippen LogP contribution is -2.45. The first-order valence-corrected chi connectivity index (χ1v) is 11.4. The van der Waals surface area contributed by atoms with E-state index in [1.807, 2.05) is 23.1 Å².